The van der Waals surface area contributed by atoms with E-state index in [9.17, 15) is 4.79 Å². The Morgan fingerprint density at radius 3 is 2.56 bits per heavy atom. The Labute approximate surface area is 110 Å². The molecule has 0 bridgehead atoms. The van der Waals surface area contributed by atoms with Gasteiger partial charge in [-0.05, 0) is 34.0 Å². The van der Waals surface area contributed by atoms with E-state index in [0.717, 1.165) is 17.3 Å². The zero-order valence-electron chi connectivity index (χ0n) is 9.59. The molecule has 0 amide bonds. The molecule has 1 nitrogen and oxygen atoms in total. The summed E-state index contributed by atoms with van der Waals surface area (Å²) < 4.78 is 0.782. The summed E-state index contributed by atoms with van der Waals surface area (Å²) >= 11 is 9.42. The minimum Gasteiger partial charge on any atom is -0.294 e. The van der Waals surface area contributed by atoms with Gasteiger partial charge < -0.3 is 0 Å². The third-order valence-corrected chi connectivity index (χ3v) is 4.18. The first-order valence-corrected chi connectivity index (χ1v) is 6.74. The lowest BCUT2D eigenvalue weighted by atomic mass is 9.94. The fourth-order valence-corrected chi connectivity index (χ4v) is 2.27. The molecule has 0 heterocycles. The minimum absolute atomic E-state index is 0.139. The molecule has 0 aliphatic rings. The van der Waals surface area contributed by atoms with Crippen LogP contribution in [0, 0.1) is 5.92 Å². The molecule has 0 aliphatic heterocycles. The average molecular weight is 304 g/mol. The third-order valence-electron chi connectivity index (χ3n) is 2.88. The van der Waals surface area contributed by atoms with Crippen molar-refractivity contribution in [3.63, 3.8) is 0 Å². The molecule has 0 aliphatic carbocycles. The van der Waals surface area contributed by atoms with Gasteiger partial charge in [-0.2, -0.15) is 0 Å². The summed E-state index contributed by atoms with van der Waals surface area (Å²) in [5.41, 5.74) is 0.628. The van der Waals surface area contributed by atoms with Crippen LogP contribution in [0.5, 0.6) is 0 Å². The van der Waals surface area contributed by atoms with Gasteiger partial charge in [0.15, 0.2) is 5.78 Å². The first-order chi connectivity index (χ1) is 7.60. The molecule has 0 unspecified atom stereocenters. The number of rotatable bonds is 5. The maximum absolute atomic E-state index is 12.0. The lowest BCUT2D eigenvalue weighted by Gasteiger charge is -2.12. The molecule has 3 heteroatoms. The number of carbonyl (C=O) groups is 1. The van der Waals surface area contributed by atoms with Gasteiger partial charge in [-0.25, -0.2) is 0 Å². The summed E-state index contributed by atoms with van der Waals surface area (Å²) in [5.74, 6) is 0.600. The Hall–Kier alpha value is -0.340. The van der Waals surface area contributed by atoms with E-state index in [1.165, 1.54) is 0 Å². The Kier molecular flexibility index (Phi) is 5.50. The minimum atomic E-state index is 0.139. The fraction of sp³-hybridized carbons (Fsp3) is 0.462. The molecule has 0 saturated carbocycles. The number of carbonyl (C=O) groups excluding carboxylic acids is 1. The standard InChI is InChI=1S/C13H16BrClO/c1-3-9(4-2)8-12(16)10-6-5-7-11(14)13(10)15/h5-7,9H,3-4,8H2,1-2H3. The molecule has 1 aromatic rings. The van der Waals surface area contributed by atoms with Crippen molar-refractivity contribution in [1.82, 2.24) is 0 Å². The summed E-state index contributed by atoms with van der Waals surface area (Å²) in [7, 11) is 0. The van der Waals surface area contributed by atoms with Crippen LogP contribution in [0.2, 0.25) is 5.02 Å². The third kappa shape index (κ3) is 3.33. The van der Waals surface area contributed by atoms with Crippen LogP contribution in [0.3, 0.4) is 0 Å². The van der Waals surface area contributed by atoms with E-state index in [1.54, 1.807) is 6.07 Å². The number of benzene rings is 1. The summed E-state index contributed by atoms with van der Waals surface area (Å²) in [4.78, 5) is 12.0. The lowest BCUT2D eigenvalue weighted by molar-refractivity contribution is 0.0959. The zero-order valence-corrected chi connectivity index (χ0v) is 11.9. The first-order valence-electron chi connectivity index (χ1n) is 5.57. The Morgan fingerprint density at radius 2 is 2.00 bits per heavy atom. The van der Waals surface area contributed by atoms with Gasteiger partial charge in [0.25, 0.3) is 0 Å². The van der Waals surface area contributed by atoms with Crippen molar-refractivity contribution in [2.24, 2.45) is 5.92 Å². The number of hydrogen-bond acceptors (Lipinski definition) is 1. The molecule has 0 saturated heterocycles. The van der Waals surface area contributed by atoms with Gasteiger partial charge in [0.1, 0.15) is 0 Å². The van der Waals surface area contributed by atoms with Crippen LogP contribution in [0.25, 0.3) is 0 Å². The van der Waals surface area contributed by atoms with Crippen LogP contribution in [0.4, 0.5) is 0 Å². The van der Waals surface area contributed by atoms with Crippen molar-refractivity contribution in [1.29, 1.82) is 0 Å². The molecule has 0 radical (unpaired) electrons. The highest BCUT2D eigenvalue weighted by Crippen LogP contribution is 2.28. The highest BCUT2D eigenvalue weighted by Gasteiger charge is 2.15. The highest BCUT2D eigenvalue weighted by molar-refractivity contribution is 9.10. The van der Waals surface area contributed by atoms with Crippen LogP contribution in [-0.4, -0.2) is 5.78 Å². The fourth-order valence-electron chi connectivity index (χ4n) is 1.67. The molecule has 0 aromatic heterocycles. The smallest absolute Gasteiger partial charge is 0.164 e. The first kappa shape index (κ1) is 13.7. The molecular formula is C13H16BrClO. The van der Waals surface area contributed by atoms with Crippen LogP contribution in [-0.2, 0) is 0 Å². The summed E-state index contributed by atoms with van der Waals surface area (Å²) in [6.07, 6.45) is 2.66. The molecular weight excluding hydrogens is 287 g/mol. The Balaban J connectivity index is 2.84. The van der Waals surface area contributed by atoms with Crippen molar-refractivity contribution >= 4 is 33.3 Å². The summed E-state index contributed by atoms with van der Waals surface area (Å²) in [5, 5.41) is 0.526. The van der Waals surface area contributed by atoms with Gasteiger partial charge in [0.2, 0.25) is 0 Å². The van der Waals surface area contributed by atoms with Gasteiger partial charge in [0.05, 0.1) is 5.02 Å². The van der Waals surface area contributed by atoms with Crippen molar-refractivity contribution in [2.45, 2.75) is 33.1 Å². The predicted octanol–water partition coefficient (Wildman–Crippen LogP) is 5.11. The quantitative estimate of drug-likeness (QED) is 0.691. The second-order valence-corrected chi connectivity index (χ2v) is 5.14. The monoisotopic (exact) mass is 302 g/mol. The summed E-state index contributed by atoms with van der Waals surface area (Å²) in [6, 6.07) is 5.48. The van der Waals surface area contributed by atoms with Gasteiger partial charge in [0, 0.05) is 16.5 Å². The second-order valence-electron chi connectivity index (χ2n) is 3.91. The second kappa shape index (κ2) is 6.41. The van der Waals surface area contributed by atoms with Crippen LogP contribution < -0.4 is 0 Å². The van der Waals surface area contributed by atoms with E-state index in [0.29, 0.717) is 22.9 Å². The number of hydrogen-bond donors (Lipinski definition) is 0. The van der Waals surface area contributed by atoms with Crippen molar-refractivity contribution < 1.29 is 4.79 Å². The number of Topliss-reactive ketones (excluding diaryl/α,β-unsaturated/α-hetero) is 1. The van der Waals surface area contributed by atoms with E-state index < -0.39 is 0 Å². The molecule has 0 spiro atoms. The van der Waals surface area contributed by atoms with Gasteiger partial charge in [-0.15, -0.1) is 0 Å². The SMILES string of the molecule is CCC(CC)CC(=O)c1cccc(Br)c1Cl. The van der Waals surface area contributed by atoms with Crippen LogP contribution in [0.1, 0.15) is 43.5 Å². The van der Waals surface area contributed by atoms with E-state index >= 15 is 0 Å². The molecule has 0 fully saturated rings. The summed E-state index contributed by atoms with van der Waals surface area (Å²) in [6.45, 7) is 4.23. The Bertz CT molecular complexity index is 372. The van der Waals surface area contributed by atoms with Crippen molar-refractivity contribution in [3.05, 3.63) is 33.3 Å². The number of ketones is 1. The van der Waals surface area contributed by atoms with E-state index in [1.807, 2.05) is 12.1 Å². The topological polar surface area (TPSA) is 17.1 Å². The predicted molar refractivity (Wildman–Crippen MR) is 72.2 cm³/mol. The van der Waals surface area contributed by atoms with E-state index in [2.05, 4.69) is 29.8 Å². The molecule has 0 N–H and O–H groups in total. The molecule has 0 atom stereocenters. The van der Waals surface area contributed by atoms with Crippen LogP contribution in [0.15, 0.2) is 22.7 Å². The normalized spacial score (nSPS) is 10.8. The molecule has 1 rings (SSSR count). The lowest BCUT2D eigenvalue weighted by Crippen LogP contribution is -2.08. The maximum Gasteiger partial charge on any atom is 0.164 e. The van der Waals surface area contributed by atoms with Crippen molar-refractivity contribution in [2.75, 3.05) is 0 Å². The van der Waals surface area contributed by atoms with Crippen molar-refractivity contribution in [3.8, 4) is 0 Å². The van der Waals surface area contributed by atoms with Gasteiger partial charge in [-0.3, -0.25) is 4.79 Å². The maximum atomic E-state index is 12.0. The van der Waals surface area contributed by atoms with Gasteiger partial charge in [-0.1, -0.05) is 44.4 Å². The van der Waals surface area contributed by atoms with Crippen LogP contribution >= 0.6 is 27.5 Å². The highest BCUT2D eigenvalue weighted by atomic mass is 79.9. The number of halogens is 2. The Morgan fingerprint density at radius 1 is 1.38 bits per heavy atom. The van der Waals surface area contributed by atoms with E-state index in [4.69, 9.17) is 11.6 Å². The van der Waals surface area contributed by atoms with E-state index in [-0.39, 0.29) is 5.78 Å². The van der Waals surface area contributed by atoms with Gasteiger partial charge >= 0.3 is 0 Å². The molecule has 1 aromatic carbocycles. The molecule has 88 valence electrons. The zero-order chi connectivity index (χ0) is 12.1. The molecule has 16 heavy (non-hydrogen) atoms. The average Bonchev–Trinajstić information content (AvgIpc) is 2.29. The largest absolute Gasteiger partial charge is 0.294 e.